The minimum Gasteiger partial charge on any atom is -0.508 e. The van der Waals surface area contributed by atoms with E-state index in [2.05, 4.69) is 14.9 Å². The van der Waals surface area contributed by atoms with Gasteiger partial charge in [0.1, 0.15) is 69.4 Å². The lowest BCUT2D eigenvalue weighted by molar-refractivity contribution is -0.117. The minimum absolute atomic E-state index is 0.0519. The zero-order valence-electron chi connectivity index (χ0n) is 60.6. The molecular formula is C82H104N6O14. The molecule has 0 aliphatic carbocycles. The molecule has 10 N–H and O–H groups in total. The van der Waals surface area contributed by atoms with Gasteiger partial charge in [-0.2, -0.15) is 0 Å². The Hall–Kier alpha value is -10.9. The SMILES string of the molecule is CC(=O)CCCc1ccc(O)cc1.CC(=O)CCc1ccc(N)cc1.CC(=O)CCc1ccc(N)nc1.CC(=O)CCc1ccc(O)cc1.CC(=O)CCc1cccc(N)c1.CC(=O)CCc1cccc(O)c1.CC(=O)c1ccc(N2CCOCC2)nc1.COc1cc(CCC(C)=O)ccc1O. The van der Waals surface area contributed by atoms with Crippen LogP contribution in [0.5, 0.6) is 28.7 Å². The Morgan fingerprint density at radius 1 is 0.402 bits per heavy atom. The Bertz CT molecular complexity index is 3600. The van der Waals surface area contributed by atoms with Crippen LogP contribution in [-0.2, 0) is 83.2 Å². The van der Waals surface area contributed by atoms with E-state index < -0.39 is 0 Å². The van der Waals surface area contributed by atoms with E-state index in [1.54, 1.807) is 135 Å². The number of nitrogens with zero attached hydrogens (tertiary/aromatic N) is 3. The number of carbonyl (C=O) groups is 8. The Morgan fingerprint density at radius 2 is 0.814 bits per heavy atom. The smallest absolute Gasteiger partial charge is 0.161 e. The highest BCUT2D eigenvalue weighted by Crippen LogP contribution is 2.27. The second-order valence-corrected chi connectivity index (χ2v) is 24.4. The summed E-state index contributed by atoms with van der Waals surface area (Å²) in [5.41, 5.74) is 26.3. The number of nitrogens with two attached hydrogens (primary N) is 3. The molecule has 0 saturated carbocycles. The molecule has 2 aromatic heterocycles. The predicted octanol–water partition coefficient (Wildman–Crippen LogP) is 13.9. The van der Waals surface area contributed by atoms with E-state index in [0.29, 0.717) is 74.9 Å². The van der Waals surface area contributed by atoms with E-state index in [1.165, 1.54) is 18.2 Å². The van der Waals surface area contributed by atoms with Crippen LogP contribution in [0.3, 0.4) is 0 Å². The van der Waals surface area contributed by atoms with Gasteiger partial charge in [0.2, 0.25) is 0 Å². The molecule has 8 aromatic rings. The van der Waals surface area contributed by atoms with Crippen molar-refractivity contribution < 1.29 is 68.3 Å². The van der Waals surface area contributed by atoms with Crippen LogP contribution in [0.15, 0.2) is 176 Å². The highest BCUT2D eigenvalue weighted by Gasteiger charge is 2.13. The maximum absolute atomic E-state index is 11.1. The van der Waals surface area contributed by atoms with Gasteiger partial charge in [-0.15, -0.1) is 0 Å². The number of carbonyl (C=O) groups excluding carboxylic acids is 8. The van der Waals surface area contributed by atoms with Gasteiger partial charge in [-0.3, -0.25) is 4.79 Å². The first-order valence-electron chi connectivity index (χ1n) is 33.8. The number of hydrogen-bond donors (Lipinski definition) is 7. The Balaban J connectivity index is 0.000000397. The number of anilines is 4. The van der Waals surface area contributed by atoms with Crippen LogP contribution in [0.2, 0.25) is 0 Å². The van der Waals surface area contributed by atoms with Gasteiger partial charge in [0.15, 0.2) is 17.3 Å². The van der Waals surface area contributed by atoms with Crippen LogP contribution in [0.1, 0.15) is 156 Å². The largest absolute Gasteiger partial charge is 0.508 e. The fraction of sp³-hybridized carbons (Fsp3) is 0.341. The molecule has 102 heavy (non-hydrogen) atoms. The highest BCUT2D eigenvalue weighted by atomic mass is 16.5. The molecule has 0 amide bonds. The van der Waals surface area contributed by atoms with Crippen molar-refractivity contribution in [3.63, 3.8) is 0 Å². The van der Waals surface area contributed by atoms with Crippen molar-refractivity contribution in [3.05, 3.63) is 221 Å². The minimum atomic E-state index is 0.0519. The Morgan fingerprint density at radius 3 is 1.23 bits per heavy atom. The van der Waals surface area contributed by atoms with Crippen molar-refractivity contribution in [1.82, 2.24) is 9.97 Å². The Kier molecular flexibility index (Phi) is 43.2. The second-order valence-electron chi connectivity index (χ2n) is 24.4. The monoisotopic (exact) mass is 1400 g/mol. The number of pyridine rings is 2. The topological polar surface area (TPSA) is 343 Å². The van der Waals surface area contributed by atoms with Crippen LogP contribution in [0.25, 0.3) is 0 Å². The van der Waals surface area contributed by atoms with Gasteiger partial charge in [-0.1, -0.05) is 72.8 Å². The lowest BCUT2D eigenvalue weighted by Crippen LogP contribution is -2.36. The molecule has 546 valence electrons. The maximum Gasteiger partial charge on any atom is 0.161 e. The number of ether oxygens (including phenoxy) is 2. The van der Waals surface area contributed by atoms with Gasteiger partial charge in [-0.25, -0.2) is 9.97 Å². The fourth-order valence-corrected chi connectivity index (χ4v) is 8.97. The number of benzene rings is 6. The van der Waals surface area contributed by atoms with E-state index in [4.69, 9.17) is 42.0 Å². The van der Waals surface area contributed by atoms with Gasteiger partial charge >= 0.3 is 0 Å². The van der Waals surface area contributed by atoms with E-state index in [-0.39, 0.29) is 69.3 Å². The summed E-state index contributed by atoms with van der Waals surface area (Å²) in [5.74, 6) is 4.30. The number of ketones is 8. The molecule has 1 aliphatic heterocycles. The number of methoxy groups -OCH3 is 1. The van der Waals surface area contributed by atoms with Crippen molar-refractivity contribution in [2.45, 2.75) is 152 Å². The number of morpholine rings is 1. The standard InChI is InChI=1S/C11H14N2O2.C11H14O3.C11H14O2.2C10H13NO.2C10H12O2.C9H12N2O/c1-9(14)10-2-3-11(12-8-10)13-4-6-15-7-5-13;1-8(12)3-4-9-5-6-10(13)11(7-9)14-2;1-9(12)3-2-4-10-5-7-11(13)8-6-10;1-8(12)2-3-9-4-6-10(11)7-5-9;1-8(12)5-6-9-3-2-4-10(11)7-9;1-8(11)2-3-9-4-6-10(12)7-5-9;1-8(11)5-6-9-3-2-4-10(12)7-9;1-7(12)2-3-8-4-5-9(10)11-6-8/h2-3,8H,4-7H2,1H3;5-7,13H,3-4H2,1-2H3;5-8,13H,2-4H2,1H3;4-7H,2-3,11H2,1H3;2-4,7H,5-6,11H2,1H3;4-7,12H,2-3H2,1H3;2-4,7,12H,5-6H2,1H3;4-6H,2-3H2,1H3,(H2,10,11). The average molecular weight is 1400 g/mol. The number of aryl methyl sites for hydroxylation is 7. The number of hydrogen-bond acceptors (Lipinski definition) is 20. The summed E-state index contributed by atoms with van der Waals surface area (Å²) in [7, 11) is 1.50. The number of aromatic nitrogens is 2. The molecule has 0 spiro atoms. The quantitative estimate of drug-likeness (QED) is 0.0206. The summed E-state index contributed by atoms with van der Waals surface area (Å²) in [6.45, 7) is 15.9. The lowest BCUT2D eigenvalue weighted by atomic mass is 10.1. The molecule has 0 radical (unpaired) electrons. The summed E-state index contributed by atoms with van der Waals surface area (Å²) in [4.78, 5) is 96.1. The zero-order valence-corrected chi connectivity index (χ0v) is 60.6. The van der Waals surface area contributed by atoms with E-state index in [9.17, 15) is 43.5 Å². The number of aromatic hydroxyl groups is 4. The lowest BCUT2D eigenvalue weighted by Gasteiger charge is -2.27. The van der Waals surface area contributed by atoms with Gasteiger partial charge in [0.05, 0.1) is 20.3 Å². The van der Waals surface area contributed by atoms with Gasteiger partial charge in [0, 0.05) is 87.4 Å². The summed E-state index contributed by atoms with van der Waals surface area (Å²) >= 11 is 0. The van der Waals surface area contributed by atoms with E-state index in [0.717, 1.165) is 110 Å². The first-order chi connectivity index (χ1) is 48.5. The van der Waals surface area contributed by atoms with Crippen LogP contribution in [0, 0.1) is 0 Å². The predicted molar refractivity (Wildman–Crippen MR) is 404 cm³/mol. The summed E-state index contributed by atoms with van der Waals surface area (Å²) in [6, 6.07) is 48.8. The van der Waals surface area contributed by atoms with E-state index >= 15 is 0 Å². The van der Waals surface area contributed by atoms with Gasteiger partial charge in [0.25, 0.3) is 0 Å². The number of nitrogen functional groups attached to an aromatic ring is 3. The summed E-state index contributed by atoms with van der Waals surface area (Å²) in [6.07, 6.45) is 13.7. The highest BCUT2D eigenvalue weighted by molar-refractivity contribution is 5.93. The second kappa shape index (κ2) is 50.5. The summed E-state index contributed by atoms with van der Waals surface area (Å²) < 4.78 is 10.2. The van der Waals surface area contributed by atoms with Crippen LogP contribution in [-0.4, -0.2) is 110 Å². The van der Waals surface area contributed by atoms with Crippen molar-refractivity contribution in [2.24, 2.45) is 0 Å². The third-order valence-corrected chi connectivity index (χ3v) is 14.9. The fourth-order valence-electron chi connectivity index (χ4n) is 8.97. The number of rotatable bonds is 25. The molecule has 6 aromatic carbocycles. The van der Waals surface area contributed by atoms with E-state index in [1.807, 2.05) is 97.1 Å². The van der Waals surface area contributed by atoms with Gasteiger partial charge < -0.3 is 85.6 Å². The number of phenols is 4. The molecule has 1 aliphatic rings. The van der Waals surface area contributed by atoms with Crippen molar-refractivity contribution in [3.8, 4) is 28.7 Å². The first kappa shape index (κ1) is 87.2. The normalized spacial score (nSPS) is 10.8. The third-order valence-electron chi connectivity index (χ3n) is 14.9. The van der Waals surface area contributed by atoms with Crippen molar-refractivity contribution >= 4 is 69.3 Å². The molecular weight excluding hydrogens is 1290 g/mol. The molecule has 3 heterocycles. The molecule has 0 bridgehead atoms. The molecule has 1 saturated heterocycles. The van der Waals surface area contributed by atoms with Crippen LogP contribution >= 0.6 is 0 Å². The Labute approximate surface area is 601 Å². The average Bonchev–Trinajstić information content (AvgIpc) is 0.867. The number of Topliss-reactive ketones (excluding diaryl/α,β-unsaturated/α-hetero) is 8. The molecule has 20 nitrogen and oxygen atoms in total. The van der Waals surface area contributed by atoms with Crippen LogP contribution < -0.4 is 26.8 Å². The number of phenolic OH excluding ortho intramolecular Hbond substituents is 4. The van der Waals surface area contributed by atoms with Gasteiger partial charge in [-0.05, 0) is 237 Å². The van der Waals surface area contributed by atoms with Crippen LogP contribution in [0.4, 0.5) is 23.0 Å². The van der Waals surface area contributed by atoms with Crippen molar-refractivity contribution in [1.29, 1.82) is 0 Å². The molecule has 20 heteroatoms. The molecule has 1 fully saturated rings. The first-order valence-corrected chi connectivity index (χ1v) is 33.8. The maximum atomic E-state index is 11.1. The zero-order chi connectivity index (χ0) is 75.8. The summed E-state index contributed by atoms with van der Waals surface area (Å²) in [5, 5.41) is 36.4. The third kappa shape index (κ3) is 43.5. The molecule has 9 rings (SSSR count). The molecule has 0 unspecified atom stereocenters. The van der Waals surface area contributed by atoms with Crippen molar-refractivity contribution in [2.75, 3.05) is 55.5 Å². The molecule has 0 atom stereocenters.